The molecule has 0 spiro atoms. The number of halogens is 1. The molecule has 0 saturated carbocycles. The van der Waals surface area contributed by atoms with Gasteiger partial charge in [-0.15, -0.1) is 0 Å². The largest absolute Gasteiger partial charge is 0.323 e. The van der Waals surface area contributed by atoms with Crippen molar-refractivity contribution in [3.8, 4) is 0 Å². The van der Waals surface area contributed by atoms with Gasteiger partial charge in [0, 0.05) is 0 Å². The number of amides is 1. The van der Waals surface area contributed by atoms with Crippen LogP contribution in [0, 0.1) is 5.92 Å². The van der Waals surface area contributed by atoms with Gasteiger partial charge >= 0.3 is 0 Å². The van der Waals surface area contributed by atoms with Crippen LogP contribution in [-0.4, -0.2) is 20.4 Å². The standard InChI is InChI=1S/C12H18ClN3O3S/c1-7(2)5-10(14)12(17)16-11-6-8(20(15,18)19)3-4-9(11)13/h3-4,6-7,10H,5,14H2,1-2H3,(H,16,17)(H2,15,18,19)/t10-/m1/s1. The van der Waals surface area contributed by atoms with E-state index in [2.05, 4.69) is 5.32 Å². The summed E-state index contributed by atoms with van der Waals surface area (Å²) in [7, 11) is -3.86. The van der Waals surface area contributed by atoms with Crippen LogP contribution in [0.1, 0.15) is 20.3 Å². The highest BCUT2D eigenvalue weighted by atomic mass is 35.5. The molecule has 0 aromatic heterocycles. The topological polar surface area (TPSA) is 115 Å². The normalized spacial score (nSPS) is 13.3. The molecular formula is C12H18ClN3O3S. The van der Waals surface area contributed by atoms with Gasteiger partial charge in [-0.3, -0.25) is 4.79 Å². The van der Waals surface area contributed by atoms with Gasteiger partial charge in [0.1, 0.15) is 0 Å². The van der Waals surface area contributed by atoms with Crippen molar-refractivity contribution in [3.63, 3.8) is 0 Å². The summed E-state index contributed by atoms with van der Waals surface area (Å²) in [5.41, 5.74) is 5.91. The lowest BCUT2D eigenvalue weighted by Gasteiger charge is -2.15. The second-order valence-corrected chi connectivity index (χ2v) is 6.88. The van der Waals surface area contributed by atoms with Crippen LogP contribution in [0.5, 0.6) is 0 Å². The van der Waals surface area contributed by atoms with E-state index < -0.39 is 22.0 Å². The number of anilines is 1. The van der Waals surface area contributed by atoms with Crippen molar-refractivity contribution in [3.05, 3.63) is 23.2 Å². The molecule has 1 atom stereocenters. The van der Waals surface area contributed by atoms with E-state index in [4.69, 9.17) is 22.5 Å². The highest BCUT2D eigenvalue weighted by molar-refractivity contribution is 7.89. The molecule has 20 heavy (non-hydrogen) atoms. The van der Waals surface area contributed by atoms with E-state index in [9.17, 15) is 13.2 Å². The number of sulfonamides is 1. The van der Waals surface area contributed by atoms with Gasteiger partial charge in [-0.2, -0.15) is 0 Å². The maximum Gasteiger partial charge on any atom is 0.241 e. The lowest BCUT2D eigenvalue weighted by atomic mass is 10.0. The van der Waals surface area contributed by atoms with Gasteiger partial charge in [0.15, 0.2) is 0 Å². The molecule has 1 rings (SSSR count). The van der Waals surface area contributed by atoms with Crippen LogP contribution in [0.4, 0.5) is 5.69 Å². The Kier molecular flexibility index (Phi) is 5.52. The van der Waals surface area contributed by atoms with E-state index in [1.54, 1.807) is 0 Å². The summed E-state index contributed by atoms with van der Waals surface area (Å²) in [6.45, 7) is 3.89. The van der Waals surface area contributed by atoms with E-state index >= 15 is 0 Å². The maximum absolute atomic E-state index is 11.9. The zero-order valence-corrected chi connectivity index (χ0v) is 12.8. The molecule has 0 radical (unpaired) electrons. The predicted molar refractivity (Wildman–Crippen MR) is 78.9 cm³/mol. The molecular weight excluding hydrogens is 302 g/mol. The SMILES string of the molecule is CC(C)C[C@@H](N)C(=O)Nc1cc(S(N)(=O)=O)ccc1Cl. The van der Waals surface area contributed by atoms with Crippen LogP contribution < -0.4 is 16.2 Å². The number of carbonyl (C=O) groups is 1. The minimum absolute atomic E-state index is 0.130. The summed E-state index contributed by atoms with van der Waals surface area (Å²) in [6.07, 6.45) is 0.512. The Labute approximate surface area is 123 Å². The van der Waals surface area contributed by atoms with Crippen LogP contribution in [-0.2, 0) is 14.8 Å². The molecule has 1 aromatic carbocycles. The number of benzene rings is 1. The molecule has 6 nitrogen and oxygen atoms in total. The highest BCUT2D eigenvalue weighted by Gasteiger charge is 2.17. The first-order valence-corrected chi connectivity index (χ1v) is 7.92. The molecule has 0 aliphatic rings. The Morgan fingerprint density at radius 2 is 2.00 bits per heavy atom. The van der Waals surface area contributed by atoms with E-state index in [0.717, 1.165) is 0 Å². The fourth-order valence-corrected chi connectivity index (χ4v) is 2.32. The summed E-state index contributed by atoms with van der Waals surface area (Å²) in [5, 5.41) is 7.75. The van der Waals surface area contributed by atoms with Crippen LogP contribution in [0.15, 0.2) is 23.1 Å². The van der Waals surface area contributed by atoms with Gasteiger partial charge in [-0.25, -0.2) is 13.6 Å². The third-order valence-electron chi connectivity index (χ3n) is 2.59. The van der Waals surface area contributed by atoms with Crippen LogP contribution in [0.3, 0.4) is 0 Å². The third kappa shape index (κ3) is 4.75. The number of primary sulfonamides is 1. The second kappa shape index (κ2) is 6.53. The lowest BCUT2D eigenvalue weighted by molar-refractivity contribution is -0.117. The van der Waals surface area contributed by atoms with Crippen LogP contribution in [0.2, 0.25) is 5.02 Å². The van der Waals surface area contributed by atoms with Crippen molar-refractivity contribution in [2.24, 2.45) is 16.8 Å². The monoisotopic (exact) mass is 319 g/mol. The van der Waals surface area contributed by atoms with Gasteiger partial charge in [-0.05, 0) is 30.5 Å². The number of hydrogen-bond donors (Lipinski definition) is 3. The summed E-state index contributed by atoms with van der Waals surface area (Å²) < 4.78 is 22.5. The molecule has 0 saturated heterocycles. The molecule has 0 fully saturated rings. The Balaban J connectivity index is 2.95. The van der Waals surface area contributed by atoms with Crippen LogP contribution >= 0.6 is 11.6 Å². The third-order valence-corrected chi connectivity index (χ3v) is 3.83. The minimum Gasteiger partial charge on any atom is -0.323 e. The molecule has 112 valence electrons. The number of nitrogens with one attached hydrogen (secondary N) is 1. The Morgan fingerprint density at radius 1 is 1.40 bits per heavy atom. The average Bonchev–Trinajstić information content (AvgIpc) is 2.29. The summed E-state index contributed by atoms with van der Waals surface area (Å²) in [4.78, 5) is 11.8. The molecule has 8 heteroatoms. The highest BCUT2D eigenvalue weighted by Crippen LogP contribution is 2.25. The van der Waals surface area contributed by atoms with E-state index in [1.165, 1.54) is 18.2 Å². The number of rotatable bonds is 5. The molecule has 1 aromatic rings. The van der Waals surface area contributed by atoms with Gasteiger partial charge in [-0.1, -0.05) is 25.4 Å². The summed E-state index contributed by atoms with van der Waals surface area (Å²) in [6, 6.07) is 3.13. The van der Waals surface area contributed by atoms with Crippen molar-refractivity contribution in [2.45, 2.75) is 31.2 Å². The summed E-state index contributed by atoms with van der Waals surface area (Å²) >= 11 is 5.91. The zero-order chi connectivity index (χ0) is 15.5. The molecule has 1 amide bonds. The maximum atomic E-state index is 11.9. The Bertz CT molecular complexity index is 602. The van der Waals surface area contributed by atoms with Crippen molar-refractivity contribution in [1.29, 1.82) is 0 Å². The van der Waals surface area contributed by atoms with Gasteiger partial charge in [0.05, 0.1) is 21.6 Å². The van der Waals surface area contributed by atoms with Gasteiger partial charge in [0.2, 0.25) is 15.9 Å². The number of nitrogens with two attached hydrogens (primary N) is 2. The van der Waals surface area contributed by atoms with E-state index in [1.807, 2.05) is 13.8 Å². The van der Waals surface area contributed by atoms with Crippen molar-refractivity contribution in [2.75, 3.05) is 5.32 Å². The minimum atomic E-state index is -3.86. The molecule has 5 N–H and O–H groups in total. The average molecular weight is 320 g/mol. The molecule has 0 unspecified atom stereocenters. The van der Waals surface area contributed by atoms with Gasteiger partial charge in [0.25, 0.3) is 0 Å². The van der Waals surface area contributed by atoms with E-state index in [-0.39, 0.29) is 21.5 Å². The van der Waals surface area contributed by atoms with Crippen molar-refractivity contribution in [1.82, 2.24) is 0 Å². The predicted octanol–water partition coefficient (Wildman–Crippen LogP) is 1.30. The molecule has 0 heterocycles. The Morgan fingerprint density at radius 3 is 2.50 bits per heavy atom. The summed E-state index contributed by atoms with van der Waals surface area (Å²) in [5.74, 6) is -0.158. The quantitative estimate of drug-likeness (QED) is 0.758. The first-order valence-electron chi connectivity index (χ1n) is 6.00. The number of carbonyl (C=O) groups excluding carboxylic acids is 1. The molecule has 0 aliphatic carbocycles. The first-order chi connectivity index (χ1) is 9.11. The smallest absolute Gasteiger partial charge is 0.241 e. The fraction of sp³-hybridized carbons (Fsp3) is 0.417. The second-order valence-electron chi connectivity index (χ2n) is 4.91. The first kappa shape index (κ1) is 16.9. The van der Waals surface area contributed by atoms with Crippen molar-refractivity contribution >= 4 is 33.2 Å². The fourth-order valence-electron chi connectivity index (χ4n) is 1.62. The Hall–Kier alpha value is -1.15. The van der Waals surface area contributed by atoms with Crippen LogP contribution in [0.25, 0.3) is 0 Å². The lowest BCUT2D eigenvalue weighted by Crippen LogP contribution is -2.36. The molecule has 0 aliphatic heterocycles. The van der Waals surface area contributed by atoms with Gasteiger partial charge < -0.3 is 11.1 Å². The number of hydrogen-bond acceptors (Lipinski definition) is 4. The van der Waals surface area contributed by atoms with E-state index in [0.29, 0.717) is 6.42 Å². The zero-order valence-electron chi connectivity index (χ0n) is 11.3. The van der Waals surface area contributed by atoms with Crippen molar-refractivity contribution < 1.29 is 13.2 Å². The molecule has 0 bridgehead atoms.